The first-order chi connectivity index (χ1) is 22.3. The van der Waals surface area contributed by atoms with Crippen molar-refractivity contribution in [3.63, 3.8) is 0 Å². The van der Waals surface area contributed by atoms with Crippen LogP contribution in [0.4, 0.5) is 0 Å². The summed E-state index contributed by atoms with van der Waals surface area (Å²) < 4.78 is 11.7. The second-order valence-corrected chi connectivity index (χ2v) is 13.8. The molecule has 0 aromatic rings. The van der Waals surface area contributed by atoms with Crippen LogP contribution in [0.15, 0.2) is 70.8 Å². The fourth-order valence-electron chi connectivity index (χ4n) is 6.45. The maximum Gasteiger partial charge on any atom is 0.338 e. The summed E-state index contributed by atoms with van der Waals surface area (Å²) in [6, 6.07) is 0. The molecule has 2 rings (SSSR count). The second kappa shape index (κ2) is 23.7. The van der Waals surface area contributed by atoms with E-state index in [9.17, 15) is 9.59 Å². The molecule has 2 aliphatic rings. The average molecular weight is 635 g/mol. The molecule has 0 amide bonds. The maximum absolute atomic E-state index is 12.9. The third-order valence-electron chi connectivity index (χ3n) is 9.35. The minimum Gasteiger partial charge on any atom is -0.428 e. The Hall–Kier alpha value is -2.62. The van der Waals surface area contributed by atoms with Crippen LogP contribution in [0.2, 0.25) is 0 Å². The number of rotatable bonds is 25. The standard InChI is InChI=1S/C42H66O4/c1-7-9-11-13-15-17-19-21-23-25-36-31-38(35-27-29-39(30-28-35)45-41(43)33(3)4)32-37(40(36)46-42(44)34(5)6)26-24-22-20-18-16-14-12-10-8-2/h27,29,31,37H,3,5,7-26,28,30,32H2,1-2,4,6H3. The van der Waals surface area contributed by atoms with Crippen molar-refractivity contribution >= 4 is 11.9 Å². The van der Waals surface area contributed by atoms with Crippen molar-refractivity contribution in [1.29, 1.82) is 0 Å². The molecule has 0 N–H and O–H groups in total. The fraction of sp³-hybridized carbons (Fsp3) is 0.667. The van der Waals surface area contributed by atoms with E-state index >= 15 is 0 Å². The van der Waals surface area contributed by atoms with Gasteiger partial charge in [0.1, 0.15) is 11.5 Å². The SMILES string of the molecule is C=C(C)C(=O)OC1=CC=C(C2=CC(CCCCCCCCCCC)=C(OC(=O)C(=C)C)C(CCCCCCCCCCC)C2)CC1. The number of carbonyl (C=O) groups is 2. The van der Waals surface area contributed by atoms with E-state index in [-0.39, 0.29) is 17.9 Å². The molecule has 0 radical (unpaired) electrons. The minimum absolute atomic E-state index is 0.189. The van der Waals surface area contributed by atoms with Crippen molar-refractivity contribution in [2.75, 3.05) is 0 Å². The van der Waals surface area contributed by atoms with Crippen molar-refractivity contribution in [2.45, 2.75) is 175 Å². The molecule has 2 aliphatic carbocycles. The van der Waals surface area contributed by atoms with E-state index < -0.39 is 0 Å². The maximum atomic E-state index is 12.9. The topological polar surface area (TPSA) is 52.6 Å². The Balaban J connectivity index is 2.16. The summed E-state index contributed by atoms with van der Waals surface area (Å²) in [6.07, 6.45) is 33.9. The van der Waals surface area contributed by atoms with Gasteiger partial charge in [0.05, 0.1) is 0 Å². The molecule has 0 aliphatic heterocycles. The van der Waals surface area contributed by atoms with Crippen LogP contribution in [-0.4, -0.2) is 11.9 Å². The lowest BCUT2D eigenvalue weighted by atomic mass is 9.79. The largest absolute Gasteiger partial charge is 0.428 e. The number of esters is 2. The molecule has 0 heterocycles. The van der Waals surface area contributed by atoms with E-state index in [4.69, 9.17) is 9.47 Å². The van der Waals surface area contributed by atoms with Gasteiger partial charge in [0, 0.05) is 23.5 Å². The van der Waals surface area contributed by atoms with E-state index in [1.807, 2.05) is 6.08 Å². The van der Waals surface area contributed by atoms with Gasteiger partial charge in [-0.25, -0.2) is 9.59 Å². The summed E-state index contributed by atoms with van der Waals surface area (Å²) in [7, 11) is 0. The number of unbranched alkanes of at least 4 members (excludes halogenated alkanes) is 16. The first-order valence-electron chi connectivity index (χ1n) is 18.9. The monoisotopic (exact) mass is 634 g/mol. The molecular weight excluding hydrogens is 568 g/mol. The van der Waals surface area contributed by atoms with Crippen molar-refractivity contribution in [3.8, 4) is 0 Å². The van der Waals surface area contributed by atoms with Gasteiger partial charge in [0.2, 0.25) is 0 Å². The van der Waals surface area contributed by atoms with Gasteiger partial charge in [0.15, 0.2) is 0 Å². The molecule has 1 atom stereocenters. The fourth-order valence-corrected chi connectivity index (χ4v) is 6.45. The van der Waals surface area contributed by atoms with Crippen LogP contribution in [0.1, 0.15) is 175 Å². The highest BCUT2D eigenvalue weighted by molar-refractivity contribution is 5.88. The van der Waals surface area contributed by atoms with Crippen LogP contribution in [0.3, 0.4) is 0 Å². The minimum atomic E-state index is -0.365. The first-order valence-corrected chi connectivity index (χ1v) is 18.9. The smallest absolute Gasteiger partial charge is 0.338 e. The number of hydrogen-bond donors (Lipinski definition) is 0. The number of carbonyl (C=O) groups excluding carboxylic acids is 2. The molecule has 0 saturated carbocycles. The quantitative estimate of drug-likeness (QED) is 0.0569. The molecule has 0 aromatic carbocycles. The summed E-state index contributed by atoms with van der Waals surface area (Å²) >= 11 is 0. The van der Waals surface area contributed by atoms with Gasteiger partial charge < -0.3 is 9.47 Å². The Kier molecular flexibility index (Phi) is 20.3. The number of ether oxygens (including phenoxy) is 2. The van der Waals surface area contributed by atoms with Gasteiger partial charge in [-0.15, -0.1) is 0 Å². The first kappa shape index (κ1) is 39.6. The Morgan fingerprint density at radius 2 is 1.15 bits per heavy atom. The van der Waals surface area contributed by atoms with Crippen molar-refractivity contribution in [3.05, 3.63) is 70.8 Å². The van der Waals surface area contributed by atoms with E-state index in [1.54, 1.807) is 13.8 Å². The van der Waals surface area contributed by atoms with Gasteiger partial charge in [0.25, 0.3) is 0 Å². The predicted octanol–water partition coefficient (Wildman–Crippen LogP) is 12.9. The van der Waals surface area contributed by atoms with Gasteiger partial charge in [-0.3, -0.25) is 0 Å². The third-order valence-corrected chi connectivity index (χ3v) is 9.35. The van der Waals surface area contributed by atoms with Crippen molar-refractivity contribution in [2.24, 2.45) is 5.92 Å². The summed E-state index contributed by atoms with van der Waals surface area (Å²) in [5.41, 5.74) is 4.67. The number of allylic oxidation sites excluding steroid dienone is 8. The van der Waals surface area contributed by atoms with Crippen LogP contribution < -0.4 is 0 Å². The molecule has 4 nitrogen and oxygen atoms in total. The van der Waals surface area contributed by atoms with E-state index in [1.165, 1.54) is 119 Å². The normalized spacial score (nSPS) is 16.4. The number of hydrogen-bond acceptors (Lipinski definition) is 4. The zero-order valence-corrected chi connectivity index (χ0v) is 30.1. The van der Waals surface area contributed by atoms with Crippen LogP contribution in [0.5, 0.6) is 0 Å². The predicted molar refractivity (Wildman–Crippen MR) is 194 cm³/mol. The highest BCUT2D eigenvalue weighted by Crippen LogP contribution is 2.41. The molecule has 0 spiro atoms. The lowest BCUT2D eigenvalue weighted by Crippen LogP contribution is -2.19. The Bertz CT molecular complexity index is 1100. The summed E-state index contributed by atoms with van der Waals surface area (Å²) in [5.74, 6) is 1.10. The van der Waals surface area contributed by atoms with Gasteiger partial charge in [-0.05, 0) is 68.7 Å². The zero-order chi connectivity index (χ0) is 33.6. The van der Waals surface area contributed by atoms with E-state index in [0.29, 0.717) is 23.3 Å². The van der Waals surface area contributed by atoms with Gasteiger partial charge >= 0.3 is 11.9 Å². The summed E-state index contributed by atoms with van der Waals surface area (Å²) in [5, 5.41) is 0. The lowest BCUT2D eigenvalue weighted by molar-refractivity contribution is -0.136. The average Bonchev–Trinajstić information content (AvgIpc) is 3.04. The molecule has 46 heavy (non-hydrogen) atoms. The van der Waals surface area contributed by atoms with Crippen LogP contribution in [0, 0.1) is 5.92 Å². The molecule has 258 valence electrons. The van der Waals surface area contributed by atoms with E-state index in [0.717, 1.165) is 44.3 Å². The van der Waals surface area contributed by atoms with Gasteiger partial charge in [-0.1, -0.05) is 148 Å². The summed E-state index contributed by atoms with van der Waals surface area (Å²) in [6.45, 7) is 15.5. The van der Waals surface area contributed by atoms with Gasteiger partial charge in [-0.2, -0.15) is 0 Å². The molecule has 4 heteroatoms. The Morgan fingerprint density at radius 1 is 0.652 bits per heavy atom. The molecular formula is C42H66O4. The van der Waals surface area contributed by atoms with Crippen molar-refractivity contribution in [1.82, 2.24) is 0 Å². The van der Waals surface area contributed by atoms with Crippen LogP contribution in [0.25, 0.3) is 0 Å². The highest BCUT2D eigenvalue weighted by Gasteiger charge is 2.29. The third kappa shape index (κ3) is 15.8. The molecule has 0 aromatic heterocycles. The Labute approximate surface area is 282 Å². The highest BCUT2D eigenvalue weighted by atomic mass is 16.5. The molecule has 0 fully saturated rings. The van der Waals surface area contributed by atoms with E-state index in [2.05, 4.69) is 39.2 Å². The molecule has 0 saturated heterocycles. The van der Waals surface area contributed by atoms with Crippen LogP contribution >= 0.6 is 0 Å². The Morgan fingerprint density at radius 3 is 1.65 bits per heavy atom. The molecule has 0 bridgehead atoms. The lowest BCUT2D eigenvalue weighted by Gasteiger charge is -2.30. The second-order valence-electron chi connectivity index (χ2n) is 13.8. The van der Waals surface area contributed by atoms with Crippen LogP contribution in [-0.2, 0) is 19.1 Å². The van der Waals surface area contributed by atoms with Crippen molar-refractivity contribution < 1.29 is 19.1 Å². The zero-order valence-electron chi connectivity index (χ0n) is 30.1. The molecule has 1 unspecified atom stereocenters. The summed E-state index contributed by atoms with van der Waals surface area (Å²) in [4.78, 5) is 24.9.